The number of carboxylic acid groups (broad SMARTS) is 1. The van der Waals surface area contributed by atoms with Gasteiger partial charge in [0.15, 0.2) is 5.54 Å². The number of hydrogen-bond donors (Lipinski definition) is 2. The van der Waals surface area contributed by atoms with Gasteiger partial charge in [0.25, 0.3) is 5.91 Å². The molecule has 1 aromatic carbocycles. The zero-order valence-electron chi connectivity index (χ0n) is 12.7. The molecule has 1 unspecified atom stereocenters. The Balaban J connectivity index is 2.42. The highest BCUT2D eigenvalue weighted by molar-refractivity contribution is 7.11. The Morgan fingerprint density at radius 3 is 2.36 bits per heavy atom. The standard InChI is InChI=1S/C16H18N2O3S/c1-4-16(15(20)21,12-8-6-5-7-9-12)18-14(19)13-10(2)22-11(3)17-13/h5-9H,4H2,1-3H3,(H,18,19)(H,20,21). The Hall–Kier alpha value is -2.21. The fourth-order valence-corrected chi connectivity index (χ4v) is 3.22. The van der Waals surface area contributed by atoms with Gasteiger partial charge in [0.2, 0.25) is 0 Å². The molecule has 1 heterocycles. The zero-order valence-corrected chi connectivity index (χ0v) is 13.5. The van der Waals surface area contributed by atoms with E-state index in [1.165, 1.54) is 11.3 Å². The second kappa shape index (κ2) is 6.27. The van der Waals surface area contributed by atoms with Crippen LogP contribution in [0.4, 0.5) is 0 Å². The summed E-state index contributed by atoms with van der Waals surface area (Å²) in [5.41, 5.74) is -0.622. The Bertz CT molecular complexity index is 697. The fraction of sp³-hybridized carbons (Fsp3) is 0.312. The molecule has 0 saturated carbocycles. The molecule has 0 radical (unpaired) electrons. The predicted molar refractivity (Wildman–Crippen MR) is 85.1 cm³/mol. The molecule has 0 aliphatic heterocycles. The number of thiazole rings is 1. The van der Waals surface area contributed by atoms with Crippen molar-refractivity contribution in [2.45, 2.75) is 32.7 Å². The molecular formula is C16H18N2O3S. The summed E-state index contributed by atoms with van der Waals surface area (Å²) in [6.45, 7) is 5.35. The third kappa shape index (κ3) is 2.87. The topological polar surface area (TPSA) is 79.3 Å². The van der Waals surface area contributed by atoms with Gasteiger partial charge in [-0.2, -0.15) is 0 Å². The molecular weight excluding hydrogens is 300 g/mol. The predicted octanol–water partition coefficient (Wildman–Crippen LogP) is 2.88. The second-order valence-corrected chi connectivity index (χ2v) is 6.43. The Labute approximate surface area is 133 Å². The number of carboxylic acids is 1. The lowest BCUT2D eigenvalue weighted by Gasteiger charge is -2.29. The van der Waals surface area contributed by atoms with E-state index >= 15 is 0 Å². The van der Waals surface area contributed by atoms with Crippen LogP contribution in [0.3, 0.4) is 0 Å². The first-order valence-electron chi connectivity index (χ1n) is 6.96. The third-order valence-electron chi connectivity index (χ3n) is 3.61. The first-order valence-corrected chi connectivity index (χ1v) is 7.78. The molecule has 5 nitrogen and oxygen atoms in total. The van der Waals surface area contributed by atoms with Gasteiger partial charge >= 0.3 is 5.97 Å². The van der Waals surface area contributed by atoms with Crippen LogP contribution >= 0.6 is 11.3 Å². The summed E-state index contributed by atoms with van der Waals surface area (Å²) < 4.78 is 0. The van der Waals surface area contributed by atoms with E-state index in [1.54, 1.807) is 38.1 Å². The average molecular weight is 318 g/mol. The van der Waals surface area contributed by atoms with Crippen molar-refractivity contribution in [3.8, 4) is 0 Å². The van der Waals surface area contributed by atoms with Crippen molar-refractivity contribution in [2.75, 3.05) is 0 Å². The maximum atomic E-state index is 12.5. The molecule has 116 valence electrons. The van der Waals surface area contributed by atoms with Crippen LogP contribution in [0.15, 0.2) is 30.3 Å². The van der Waals surface area contributed by atoms with Crippen molar-refractivity contribution >= 4 is 23.2 Å². The Morgan fingerprint density at radius 2 is 1.91 bits per heavy atom. The summed E-state index contributed by atoms with van der Waals surface area (Å²) in [5.74, 6) is -1.55. The SMILES string of the molecule is CCC(NC(=O)c1nc(C)sc1C)(C(=O)O)c1ccccc1. The number of aliphatic carboxylic acids is 1. The van der Waals surface area contributed by atoms with Crippen LogP contribution in [0, 0.1) is 13.8 Å². The van der Waals surface area contributed by atoms with E-state index in [1.807, 2.05) is 13.0 Å². The number of nitrogens with zero attached hydrogens (tertiary/aromatic N) is 1. The molecule has 6 heteroatoms. The molecule has 0 spiro atoms. The number of hydrogen-bond acceptors (Lipinski definition) is 4. The summed E-state index contributed by atoms with van der Waals surface area (Å²) in [7, 11) is 0. The van der Waals surface area contributed by atoms with Gasteiger partial charge < -0.3 is 10.4 Å². The number of benzene rings is 1. The van der Waals surface area contributed by atoms with Gasteiger partial charge in [-0.1, -0.05) is 37.3 Å². The quantitative estimate of drug-likeness (QED) is 0.888. The van der Waals surface area contributed by atoms with Crippen molar-refractivity contribution in [3.05, 3.63) is 51.5 Å². The van der Waals surface area contributed by atoms with Crippen LogP contribution < -0.4 is 5.32 Å². The van der Waals surface area contributed by atoms with Gasteiger partial charge in [-0.25, -0.2) is 9.78 Å². The first-order chi connectivity index (χ1) is 10.4. The van der Waals surface area contributed by atoms with Gasteiger partial charge in [-0.3, -0.25) is 4.79 Å². The number of aryl methyl sites for hydroxylation is 2. The minimum Gasteiger partial charge on any atom is -0.479 e. The van der Waals surface area contributed by atoms with Gasteiger partial charge in [-0.15, -0.1) is 11.3 Å². The van der Waals surface area contributed by atoms with Crippen LogP contribution in [0.2, 0.25) is 0 Å². The largest absolute Gasteiger partial charge is 0.479 e. The van der Waals surface area contributed by atoms with Crippen LogP contribution in [0.1, 0.15) is 39.3 Å². The number of amides is 1. The van der Waals surface area contributed by atoms with E-state index < -0.39 is 17.4 Å². The minimum atomic E-state index is -1.46. The molecule has 1 aromatic heterocycles. The van der Waals surface area contributed by atoms with E-state index in [2.05, 4.69) is 10.3 Å². The van der Waals surface area contributed by atoms with Crippen molar-refractivity contribution in [1.29, 1.82) is 0 Å². The number of rotatable bonds is 5. The maximum Gasteiger partial charge on any atom is 0.334 e. The van der Waals surface area contributed by atoms with Gasteiger partial charge in [0.1, 0.15) is 5.69 Å². The molecule has 2 rings (SSSR count). The molecule has 0 aliphatic carbocycles. The lowest BCUT2D eigenvalue weighted by atomic mass is 9.87. The summed E-state index contributed by atoms with van der Waals surface area (Å²) in [4.78, 5) is 29.3. The second-order valence-electron chi connectivity index (χ2n) is 5.02. The van der Waals surface area contributed by atoms with E-state index in [-0.39, 0.29) is 12.1 Å². The van der Waals surface area contributed by atoms with E-state index in [4.69, 9.17) is 0 Å². The fourth-order valence-electron chi connectivity index (χ4n) is 2.41. The molecule has 2 aromatic rings. The normalized spacial score (nSPS) is 13.4. The Morgan fingerprint density at radius 1 is 1.27 bits per heavy atom. The first kappa shape index (κ1) is 16.2. The summed E-state index contributed by atoms with van der Waals surface area (Å²) in [5, 5.41) is 13.2. The van der Waals surface area contributed by atoms with Crippen molar-refractivity contribution in [2.24, 2.45) is 0 Å². The van der Waals surface area contributed by atoms with Crippen LogP contribution in [0.25, 0.3) is 0 Å². The van der Waals surface area contributed by atoms with Gasteiger partial charge in [0, 0.05) is 4.88 Å². The van der Waals surface area contributed by atoms with Crippen molar-refractivity contribution in [1.82, 2.24) is 10.3 Å². The van der Waals surface area contributed by atoms with Crippen LogP contribution in [0.5, 0.6) is 0 Å². The smallest absolute Gasteiger partial charge is 0.334 e. The lowest BCUT2D eigenvalue weighted by molar-refractivity contribution is -0.145. The van der Waals surface area contributed by atoms with E-state index in [0.29, 0.717) is 5.56 Å². The van der Waals surface area contributed by atoms with Crippen molar-refractivity contribution in [3.63, 3.8) is 0 Å². The molecule has 0 aliphatic rings. The third-order valence-corrected chi connectivity index (χ3v) is 4.49. The van der Waals surface area contributed by atoms with Gasteiger partial charge in [0.05, 0.1) is 5.01 Å². The molecule has 0 bridgehead atoms. The number of aromatic nitrogens is 1. The summed E-state index contributed by atoms with van der Waals surface area (Å²) in [6, 6.07) is 8.73. The van der Waals surface area contributed by atoms with Gasteiger partial charge in [-0.05, 0) is 25.8 Å². The molecule has 1 atom stereocenters. The summed E-state index contributed by atoms with van der Waals surface area (Å²) >= 11 is 1.42. The van der Waals surface area contributed by atoms with Crippen LogP contribution in [-0.4, -0.2) is 22.0 Å². The zero-order chi connectivity index (χ0) is 16.3. The number of carbonyl (C=O) groups is 2. The van der Waals surface area contributed by atoms with Crippen LogP contribution in [-0.2, 0) is 10.3 Å². The van der Waals surface area contributed by atoms with E-state index in [9.17, 15) is 14.7 Å². The number of nitrogens with one attached hydrogen (secondary N) is 1. The van der Waals surface area contributed by atoms with Crippen molar-refractivity contribution < 1.29 is 14.7 Å². The molecule has 2 N–H and O–H groups in total. The monoisotopic (exact) mass is 318 g/mol. The highest BCUT2D eigenvalue weighted by Crippen LogP contribution is 2.27. The highest BCUT2D eigenvalue weighted by Gasteiger charge is 2.41. The van der Waals surface area contributed by atoms with E-state index in [0.717, 1.165) is 9.88 Å². The molecule has 0 fully saturated rings. The highest BCUT2D eigenvalue weighted by atomic mass is 32.1. The minimum absolute atomic E-state index is 0.236. The molecule has 22 heavy (non-hydrogen) atoms. The summed E-state index contributed by atoms with van der Waals surface area (Å²) in [6.07, 6.45) is 0.236. The lowest BCUT2D eigenvalue weighted by Crippen LogP contribution is -2.51. The molecule has 1 amide bonds. The average Bonchev–Trinajstić information content (AvgIpc) is 2.84. The number of carbonyl (C=O) groups excluding carboxylic acids is 1. The molecule has 0 saturated heterocycles. The maximum absolute atomic E-state index is 12.5. The Kier molecular flexibility index (Phi) is 4.61.